The first-order valence-corrected chi connectivity index (χ1v) is 5.02. The van der Waals surface area contributed by atoms with E-state index in [2.05, 4.69) is 10.3 Å². The molecule has 1 aromatic carbocycles. The van der Waals surface area contributed by atoms with Crippen molar-refractivity contribution in [3.05, 3.63) is 39.7 Å². The molecule has 0 amide bonds. The number of nitrogens with zero attached hydrogens (tertiary/aromatic N) is 2. The summed E-state index contributed by atoms with van der Waals surface area (Å²) in [6, 6.07) is 4.27. The van der Waals surface area contributed by atoms with Gasteiger partial charge in [-0.05, 0) is 30.8 Å². The predicted molar refractivity (Wildman–Crippen MR) is 60.0 cm³/mol. The Morgan fingerprint density at radius 3 is 3.00 bits per heavy atom. The van der Waals surface area contributed by atoms with Crippen molar-refractivity contribution in [3.63, 3.8) is 0 Å². The van der Waals surface area contributed by atoms with Crippen LogP contribution in [0.2, 0.25) is 5.28 Å². The summed E-state index contributed by atoms with van der Waals surface area (Å²) in [6.45, 7) is 0.189. The van der Waals surface area contributed by atoms with Gasteiger partial charge in [0.2, 0.25) is 5.28 Å². The minimum atomic E-state index is -0.587. The van der Waals surface area contributed by atoms with E-state index in [1.807, 2.05) is 0 Å². The zero-order chi connectivity index (χ0) is 11.7. The lowest BCUT2D eigenvalue weighted by Crippen LogP contribution is -2.28. The molecule has 0 fully saturated rings. The van der Waals surface area contributed by atoms with Crippen LogP contribution in [0.25, 0.3) is 10.9 Å². The van der Waals surface area contributed by atoms with Crippen molar-refractivity contribution >= 4 is 22.5 Å². The summed E-state index contributed by atoms with van der Waals surface area (Å²) >= 11 is 5.83. The number of aromatic nitrogens is 2. The molecule has 0 atom stereocenters. The zero-order valence-corrected chi connectivity index (χ0v) is 9.25. The normalized spacial score (nSPS) is 10.9. The number of fused-ring (bicyclic) bond motifs is 1. The minimum Gasteiger partial charge on any atom is -0.302 e. The first-order chi connectivity index (χ1) is 7.65. The highest BCUT2D eigenvalue weighted by Crippen LogP contribution is 2.14. The van der Waals surface area contributed by atoms with Crippen LogP contribution in [-0.2, 0) is 6.67 Å². The van der Waals surface area contributed by atoms with E-state index in [-0.39, 0.29) is 22.9 Å². The Morgan fingerprint density at radius 2 is 2.31 bits per heavy atom. The summed E-state index contributed by atoms with van der Waals surface area (Å²) in [4.78, 5) is 15.9. The van der Waals surface area contributed by atoms with Gasteiger partial charge in [-0.15, -0.1) is 0 Å². The fourth-order valence-corrected chi connectivity index (χ4v) is 1.72. The molecule has 16 heavy (non-hydrogen) atoms. The van der Waals surface area contributed by atoms with Gasteiger partial charge in [0.25, 0.3) is 5.56 Å². The van der Waals surface area contributed by atoms with E-state index in [4.69, 9.17) is 11.6 Å². The Labute approximate surface area is 95.7 Å². The summed E-state index contributed by atoms with van der Waals surface area (Å²) in [6.07, 6.45) is 0. The Balaban J connectivity index is 2.86. The smallest absolute Gasteiger partial charge is 0.266 e. The van der Waals surface area contributed by atoms with E-state index in [1.54, 1.807) is 13.1 Å². The van der Waals surface area contributed by atoms with E-state index >= 15 is 0 Å². The standard InChI is InChI=1S/C10H9ClFN3O/c1-13-5-15-9(16)8-6(12)3-2-4-7(8)14-10(15)11/h2-4,13H,5H2,1H3. The number of hydrogen-bond donors (Lipinski definition) is 1. The molecule has 6 heteroatoms. The van der Waals surface area contributed by atoms with Gasteiger partial charge in [-0.3, -0.25) is 9.36 Å². The lowest BCUT2D eigenvalue weighted by Gasteiger charge is -2.08. The lowest BCUT2D eigenvalue weighted by molar-refractivity contribution is 0.588. The summed E-state index contributed by atoms with van der Waals surface area (Å²) in [5.74, 6) is -0.587. The first kappa shape index (κ1) is 11.0. The molecule has 0 saturated heterocycles. The fraction of sp³-hybridized carbons (Fsp3) is 0.200. The number of benzene rings is 1. The third-order valence-electron chi connectivity index (χ3n) is 2.20. The average Bonchev–Trinajstić information content (AvgIpc) is 2.24. The lowest BCUT2D eigenvalue weighted by atomic mass is 10.2. The summed E-state index contributed by atoms with van der Waals surface area (Å²) in [5.41, 5.74) is -0.218. The average molecular weight is 242 g/mol. The van der Waals surface area contributed by atoms with Crippen LogP contribution >= 0.6 is 11.6 Å². The van der Waals surface area contributed by atoms with E-state index < -0.39 is 11.4 Å². The molecule has 2 rings (SSSR count). The third kappa shape index (κ3) is 1.68. The van der Waals surface area contributed by atoms with Gasteiger partial charge in [0, 0.05) is 0 Å². The number of rotatable bonds is 2. The van der Waals surface area contributed by atoms with Gasteiger partial charge in [0.15, 0.2) is 0 Å². The van der Waals surface area contributed by atoms with Crippen LogP contribution in [0.4, 0.5) is 4.39 Å². The van der Waals surface area contributed by atoms with E-state index in [1.165, 1.54) is 16.7 Å². The van der Waals surface area contributed by atoms with Crippen LogP contribution in [0.1, 0.15) is 0 Å². The van der Waals surface area contributed by atoms with Crippen molar-refractivity contribution in [3.8, 4) is 0 Å². The van der Waals surface area contributed by atoms with E-state index in [0.29, 0.717) is 0 Å². The molecule has 0 radical (unpaired) electrons. The predicted octanol–water partition coefficient (Wildman–Crippen LogP) is 1.37. The molecule has 1 heterocycles. The van der Waals surface area contributed by atoms with Gasteiger partial charge < -0.3 is 5.32 Å². The maximum absolute atomic E-state index is 13.5. The second-order valence-corrected chi connectivity index (χ2v) is 3.60. The van der Waals surface area contributed by atoms with Crippen LogP contribution in [0.3, 0.4) is 0 Å². The second kappa shape index (κ2) is 4.19. The Morgan fingerprint density at radius 1 is 1.56 bits per heavy atom. The minimum absolute atomic E-state index is 0.0393. The fourth-order valence-electron chi connectivity index (χ4n) is 1.49. The SMILES string of the molecule is CNCn1c(Cl)nc2cccc(F)c2c1=O. The van der Waals surface area contributed by atoms with Gasteiger partial charge >= 0.3 is 0 Å². The molecule has 4 nitrogen and oxygen atoms in total. The van der Waals surface area contributed by atoms with Crippen molar-refractivity contribution in [1.29, 1.82) is 0 Å². The molecule has 1 N–H and O–H groups in total. The van der Waals surface area contributed by atoms with Gasteiger partial charge in [-0.2, -0.15) is 0 Å². The van der Waals surface area contributed by atoms with Crippen molar-refractivity contribution in [2.45, 2.75) is 6.67 Å². The molecule has 1 aromatic heterocycles. The van der Waals surface area contributed by atoms with Gasteiger partial charge in [-0.25, -0.2) is 9.37 Å². The molecule has 0 aliphatic carbocycles. The number of halogens is 2. The molecule has 84 valence electrons. The maximum Gasteiger partial charge on any atom is 0.266 e. The Hall–Kier alpha value is -1.46. The quantitative estimate of drug-likeness (QED) is 0.808. The number of nitrogens with one attached hydrogen (secondary N) is 1. The second-order valence-electron chi connectivity index (χ2n) is 3.26. The highest BCUT2D eigenvalue weighted by Gasteiger charge is 2.11. The molecular weight excluding hydrogens is 233 g/mol. The van der Waals surface area contributed by atoms with Crippen LogP contribution in [0, 0.1) is 5.82 Å². The van der Waals surface area contributed by atoms with Gasteiger partial charge in [-0.1, -0.05) is 6.07 Å². The number of hydrogen-bond acceptors (Lipinski definition) is 3. The highest BCUT2D eigenvalue weighted by molar-refractivity contribution is 6.28. The largest absolute Gasteiger partial charge is 0.302 e. The van der Waals surface area contributed by atoms with Crippen LogP contribution < -0.4 is 10.9 Å². The van der Waals surface area contributed by atoms with Crippen LogP contribution in [0.15, 0.2) is 23.0 Å². The van der Waals surface area contributed by atoms with Crippen LogP contribution in [-0.4, -0.2) is 16.6 Å². The summed E-state index contributed by atoms with van der Waals surface area (Å²) < 4.78 is 14.7. The van der Waals surface area contributed by atoms with Crippen molar-refractivity contribution < 1.29 is 4.39 Å². The van der Waals surface area contributed by atoms with E-state index in [0.717, 1.165) is 0 Å². The van der Waals surface area contributed by atoms with Gasteiger partial charge in [0.1, 0.15) is 11.2 Å². The Bertz CT molecular complexity index is 596. The topological polar surface area (TPSA) is 46.9 Å². The monoisotopic (exact) mass is 241 g/mol. The van der Waals surface area contributed by atoms with Crippen molar-refractivity contribution in [2.24, 2.45) is 0 Å². The highest BCUT2D eigenvalue weighted by atomic mass is 35.5. The first-order valence-electron chi connectivity index (χ1n) is 4.64. The Kier molecular flexibility index (Phi) is 2.89. The third-order valence-corrected chi connectivity index (χ3v) is 2.49. The summed E-state index contributed by atoms with van der Waals surface area (Å²) in [5, 5.41) is 2.77. The molecule has 0 bridgehead atoms. The molecule has 0 saturated carbocycles. The zero-order valence-electron chi connectivity index (χ0n) is 8.50. The molecule has 0 aliphatic rings. The molecule has 2 aromatic rings. The molecule has 0 spiro atoms. The molecule has 0 unspecified atom stereocenters. The van der Waals surface area contributed by atoms with E-state index in [9.17, 15) is 9.18 Å². The van der Waals surface area contributed by atoms with Gasteiger partial charge in [0.05, 0.1) is 12.2 Å². The molecule has 0 aliphatic heterocycles. The summed E-state index contributed by atoms with van der Waals surface area (Å²) in [7, 11) is 1.66. The van der Waals surface area contributed by atoms with Crippen LogP contribution in [0.5, 0.6) is 0 Å². The van der Waals surface area contributed by atoms with Crippen molar-refractivity contribution in [2.75, 3.05) is 7.05 Å². The molecular formula is C10H9ClFN3O. The maximum atomic E-state index is 13.5. The van der Waals surface area contributed by atoms with Crippen molar-refractivity contribution in [1.82, 2.24) is 14.9 Å².